The lowest BCUT2D eigenvalue weighted by atomic mass is 10.0. The first-order valence-electron chi connectivity index (χ1n) is 9.39. The van der Waals surface area contributed by atoms with E-state index >= 15 is 0 Å². The zero-order valence-electron chi connectivity index (χ0n) is 16.7. The third kappa shape index (κ3) is 6.26. The van der Waals surface area contributed by atoms with Gasteiger partial charge in [0, 0.05) is 45.2 Å². The summed E-state index contributed by atoms with van der Waals surface area (Å²) in [5.41, 5.74) is 0.438. The molecule has 0 radical (unpaired) electrons. The molecule has 1 heterocycles. The molecule has 1 aromatic rings. The molecule has 29 heavy (non-hydrogen) atoms. The van der Waals surface area contributed by atoms with Crippen LogP contribution in [0.5, 0.6) is 0 Å². The molecule has 1 atom stereocenters. The van der Waals surface area contributed by atoms with Crippen molar-refractivity contribution >= 4 is 27.8 Å². The molecule has 0 unspecified atom stereocenters. The van der Waals surface area contributed by atoms with Crippen molar-refractivity contribution in [3.63, 3.8) is 0 Å². The van der Waals surface area contributed by atoms with Gasteiger partial charge in [0.25, 0.3) is 5.91 Å². The summed E-state index contributed by atoms with van der Waals surface area (Å²) in [5.74, 6) is -1.58. The molecule has 2 amide bonds. The van der Waals surface area contributed by atoms with Gasteiger partial charge in [0.15, 0.2) is 0 Å². The van der Waals surface area contributed by atoms with Crippen LogP contribution in [0.15, 0.2) is 30.3 Å². The van der Waals surface area contributed by atoms with E-state index in [1.807, 2.05) is 0 Å². The smallest absolute Gasteiger partial charge is 0.303 e. The normalized spacial score (nSPS) is 16.3. The number of likely N-dealkylation sites (N-methyl/N-ethyl adjacent to an activating group) is 1. The Morgan fingerprint density at radius 3 is 2.21 bits per heavy atom. The Balaban J connectivity index is 2.13. The third-order valence-electron chi connectivity index (χ3n) is 4.98. The van der Waals surface area contributed by atoms with E-state index in [-0.39, 0.29) is 57.3 Å². The number of hydrogen-bond donors (Lipinski definition) is 1. The van der Waals surface area contributed by atoms with Gasteiger partial charge >= 0.3 is 5.97 Å². The van der Waals surface area contributed by atoms with Crippen LogP contribution in [0.3, 0.4) is 0 Å². The number of nitrogens with zero attached hydrogens (tertiary/aromatic N) is 3. The van der Waals surface area contributed by atoms with Gasteiger partial charge in [-0.15, -0.1) is 0 Å². The number of amides is 2. The fourth-order valence-electron chi connectivity index (χ4n) is 3.31. The molecule has 0 aromatic heterocycles. The maximum absolute atomic E-state index is 13.1. The Morgan fingerprint density at radius 2 is 1.69 bits per heavy atom. The van der Waals surface area contributed by atoms with Gasteiger partial charge in [-0.1, -0.05) is 18.2 Å². The minimum Gasteiger partial charge on any atom is -0.481 e. The van der Waals surface area contributed by atoms with E-state index in [1.165, 1.54) is 16.3 Å². The number of aliphatic carboxylic acids is 1. The van der Waals surface area contributed by atoms with Crippen LogP contribution in [0.4, 0.5) is 0 Å². The Bertz CT molecular complexity index is 835. The lowest BCUT2D eigenvalue weighted by Gasteiger charge is -2.37. The summed E-state index contributed by atoms with van der Waals surface area (Å²) in [4.78, 5) is 39.7. The standard InChI is InChI=1S/C19H27N3O6S/c1-20(18(25)15-7-4-3-5-8-15)16(9-6-10-17(23)24)19(26)21-11-13-22(14-12-21)29(2,27)28/h3-5,7-8,16H,6,9-14H2,1-2H3,(H,23,24)/t16-/m0/s1. The second-order valence-electron chi connectivity index (χ2n) is 7.07. The van der Waals surface area contributed by atoms with Crippen molar-refractivity contribution in [1.29, 1.82) is 0 Å². The predicted molar refractivity (Wildman–Crippen MR) is 107 cm³/mol. The number of piperazine rings is 1. The monoisotopic (exact) mass is 425 g/mol. The predicted octanol–water partition coefficient (Wildman–Crippen LogP) is 0.486. The fourth-order valence-corrected chi connectivity index (χ4v) is 4.13. The molecule has 1 aliphatic rings. The molecule has 9 nitrogen and oxygen atoms in total. The average molecular weight is 426 g/mol. The molecular weight excluding hydrogens is 398 g/mol. The molecule has 0 saturated carbocycles. The van der Waals surface area contributed by atoms with Gasteiger partial charge in [-0.2, -0.15) is 4.31 Å². The highest BCUT2D eigenvalue weighted by Crippen LogP contribution is 2.17. The first kappa shape index (κ1) is 22.8. The molecule has 1 aromatic carbocycles. The van der Waals surface area contributed by atoms with E-state index in [9.17, 15) is 22.8 Å². The summed E-state index contributed by atoms with van der Waals surface area (Å²) in [6.45, 7) is 0.856. The molecule has 160 valence electrons. The Kier molecular flexibility index (Phi) is 7.74. The van der Waals surface area contributed by atoms with Crippen molar-refractivity contribution in [2.24, 2.45) is 0 Å². The van der Waals surface area contributed by atoms with E-state index in [2.05, 4.69) is 0 Å². The van der Waals surface area contributed by atoms with Crippen molar-refractivity contribution in [1.82, 2.24) is 14.1 Å². The van der Waals surface area contributed by atoms with Gasteiger partial charge in [-0.3, -0.25) is 14.4 Å². The lowest BCUT2D eigenvalue weighted by Crippen LogP contribution is -2.56. The summed E-state index contributed by atoms with van der Waals surface area (Å²) in [6.07, 6.45) is 1.50. The van der Waals surface area contributed by atoms with Crippen molar-refractivity contribution in [2.75, 3.05) is 39.5 Å². The van der Waals surface area contributed by atoms with E-state index in [0.717, 1.165) is 6.26 Å². The molecule has 1 N–H and O–H groups in total. The van der Waals surface area contributed by atoms with Gasteiger partial charge in [0.1, 0.15) is 6.04 Å². The van der Waals surface area contributed by atoms with Crippen molar-refractivity contribution in [3.8, 4) is 0 Å². The summed E-state index contributed by atoms with van der Waals surface area (Å²) >= 11 is 0. The highest BCUT2D eigenvalue weighted by Gasteiger charge is 2.33. The first-order chi connectivity index (χ1) is 13.6. The highest BCUT2D eigenvalue weighted by atomic mass is 32.2. The zero-order chi connectivity index (χ0) is 21.6. The number of hydrogen-bond acceptors (Lipinski definition) is 5. The number of rotatable bonds is 8. The van der Waals surface area contributed by atoms with Gasteiger partial charge in [0.2, 0.25) is 15.9 Å². The van der Waals surface area contributed by atoms with Crippen LogP contribution in [0.25, 0.3) is 0 Å². The topological polar surface area (TPSA) is 115 Å². The number of carboxylic acids is 1. The van der Waals surface area contributed by atoms with Crippen LogP contribution >= 0.6 is 0 Å². The van der Waals surface area contributed by atoms with Crippen LogP contribution in [0.2, 0.25) is 0 Å². The number of carbonyl (C=O) groups excluding carboxylic acids is 2. The van der Waals surface area contributed by atoms with Crippen LogP contribution in [0, 0.1) is 0 Å². The van der Waals surface area contributed by atoms with E-state index < -0.39 is 22.0 Å². The Labute approximate surface area is 170 Å². The molecule has 2 rings (SSSR count). The number of benzene rings is 1. The van der Waals surface area contributed by atoms with Crippen molar-refractivity contribution in [3.05, 3.63) is 35.9 Å². The number of carbonyl (C=O) groups is 3. The zero-order valence-corrected chi connectivity index (χ0v) is 17.5. The maximum Gasteiger partial charge on any atom is 0.303 e. The van der Waals surface area contributed by atoms with Crippen molar-refractivity contribution < 1.29 is 27.9 Å². The largest absolute Gasteiger partial charge is 0.481 e. The third-order valence-corrected chi connectivity index (χ3v) is 6.28. The summed E-state index contributed by atoms with van der Waals surface area (Å²) in [7, 11) is -1.79. The molecule has 1 fully saturated rings. The molecule has 0 bridgehead atoms. The number of carboxylic acid groups (broad SMARTS) is 1. The molecular formula is C19H27N3O6S. The summed E-state index contributed by atoms with van der Waals surface area (Å²) < 4.78 is 24.7. The van der Waals surface area contributed by atoms with Crippen LogP contribution in [0.1, 0.15) is 29.6 Å². The van der Waals surface area contributed by atoms with Crippen molar-refractivity contribution in [2.45, 2.75) is 25.3 Å². The highest BCUT2D eigenvalue weighted by molar-refractivity contribution is 7.88. The van der Waals surface area contributed by atoms with E-state index in [1.54, 1.807) is 35.2 Å². The second kappa shape index (κ2) is 9.84. The SMILES string of the molecule is CN(C(=O)c1ccccc1)[C@@H](CCCC(=O)O)C(=O)N1CCN(S(C)(=O)=O)CC1. The second-order valence-corrected chi connectivity index (χ2v) is 9.05. The maximum atomic E-state index is 13.1. The molecule has 1 saturated heterocycles. The van der Waals surface area contributed by atoms with Crippen LogP contribution in [-0.2, 0) is 19.6 Å². The van der Waals surface area contributed by atoms with Gasteiger partial charge < -0.3 is 14.9 Å². The number of sulfonamides is 1. The van der Waals surface area contributed by atoms with E-state index in [0.29, 0.717) is 5.56 Å². The first-order valence-corrected chi connectivity index (χ1v) is 11.2. The summed E-state index contributed by atoms with van der Waals surface area (Å²) in [6, 6.07) is 7.74. The quantitative estimate of drug-likeness (QED) is 0.648. The van der Waals surface area contributed by atoms with Gasteiger partial charge in [-0.05, 0) is 25.0 Å². The molecule has 0 aliphatic carbocycles. The minimum atomic E-state index is -3.32. The minimum absolute atomic E-state index is 0.0982. The average Bonchev–Trinajstić information content (AvgIpc) is 2.69. The molecule has 1 aliphatic heterocycles. The Morgan fingerprint density at radius 1 is 1.10 bits per heavy atom. The lowest BCUT2D eigenvalue weighted by molar-refractivity contribution is -0.139. The Hall–Kier alpha value is -2.46. The fraction of sp³-hybridized carbons (Fsp3) is 0.526. The van der Waals surface area contributed by atoms with Crippen LogP contribution < -0.4 is 0 Å². The molecule has 10 heteroatoms. The van der Waals surface area contributed by atoms with Gasteiger partial charge in [-0.25, -0.2) is 8.42 Å². The van der Waals surface area contributed by atoms with E-state index in [4.69, 9.17) is 5.11 Å². The molecule has 0 spiro atoms. The summed E-state index contributed by atoms with van der Waals surface area (Å²) in [5, 5.41) is 8.91. The van der Waals surface area contributed by atoms with Crippen LogP contribution in [-0.4, -0.2) is 90.9 Å². The van der Waals surface area contributed by atoms with Gasteiger partial charge in [0.05, 0.1) is 6.26 Å².